The van der Waals surface area contributed by atoms with E-state index in [2.05, 4.69) is 21.3 Å². The van der Waals surface area contributed by atoms with Gasteiger partial charge in [0.2, 0.25) is 17.7 Å². The van der Waals surface area contributed by atoms with Crippen molar-refractivity contribution in [2.75, 3.05) is 48.0 Å². The number of likely N-dealkylation sites (N-methyl/N-ethyl adjacent to an activating group) is 1. The lowest BCUT2D eigenvalue weighted by atomic mass is 9.89. The molecular formula is C72H95N9O11. The first-order chi connectivity index (χ1) is 44.4. The van der Waals surface area contributed by atoms with Crippen molar-refractivity contribution in [1.29, 1.82) is 0 Å². The molecule has 2 saturated carbocycles. The van der Waals surface area contributed by atoms with E-state index < -0.39 is 24.0 Å². The fourth-order valence-corrected chi connectivity index (χ4v) is 12.2. The van der Waals surface area contributed by atoms with Crippen LogP contribution in [0, 0.1) is 17.8 Å². The number of carbonyl (C=O) groups is 6. The number of hydrogen-bond acceptors (Lipinski definition) is 13. The highest BCUT2D eigenvalue weighted by molar-refractivity contribution is 5.96. The van der Waals surface area contributed by atoms with E-state index in [1.807, 2.05) is 128 Å². The molecule has 6 aromatic rings. The summed E-state index contributed by atoms with van der Waals surface area (Å²) in [6, 6.07) is 31.8. The fourth-order valence-electron chi connectivity index (χ4n) is 12.2. The maximum atomic E-state index is 14.2. The van der Waals surface area contributed by atoms with Gasteiger partial charge in [-0.05, 0) is 109 Å². The van der Waals surface area contributed by atoms with Crippen LogP contribution in [0.2, 0.25) is 0 Å². The molecule has 20 nitrogen and oxygen atoms in total. The van der Waals surface area contributed by atoms with Gasteiger partial charge in [-0.1, -0.05) is 133 Å². The van der Waals surface area contributed by atoms with Crippen molar-refractivity contribution >= 4 is 35.5 Å². The van der Waals surface area contributed by atoms with Crippen LogP contribution >= 0.6 is 0 Å². The first-order valence-corrected chi connectivity index (χ1v) is 32.8. The minimum absolute atomic E-state index is 0.00834. The minimum Gasteiger partial charge on any atom is -0.496 e. The Labute approximate surface area is 542 Å². The van der Waals surface area contributed by atoms with Crippen LogP contribution in [-0.2, 0) is 50.1 Å². The lowest BCUT2D eigenvalue weighted by Gasteiger charge is -2.25. The maximum absolute atomic E-state index is 14.2. The third-order valence-electron chi connectivity index (χ3n) is 16.9. The van der Waals surface area contributed by atoms with Crippen LogP contribution in [0.25, 0.3) is 22.5 Å². The van der Waals surface area contributed by atoms with Gasteiger partial charge in [-0.15, -0.1) is 0 Å². The third-order valence-corrected chi connectivity index (χ3v) is 16.9. The topological polar surface area (TPSA) is 236 Å². The van der Waals surface area contributed by atoms with Crippen molar-refractivity contribution in [3.63, 3.8) is 0 Å². The number of rotatable bonds is 33. The highest BCUT2D eigenvalue weighted by Crippen LogP contribution is 2.43. The second-order valence-electron chi connectivity index (χ2n) is 25.4. The molecule has 0 saturated heterocycles. The Morgan fingerprint density at radius 1 is 0.587 bits per heavy atom. The molecule has 4 N–H and O–H groups in total. The smallest absolute Gasteiger partial charge is 0.307 e. The Morgan fingerprint density at radius 3 is 1.66 bits per heavy atom. The predicted molar refractivity (Wildman–Crippen MR) is 353 cm³/mol. The number of aromatic nitrogens is 4. The van der Waals surface area contributed by atoms with Gasteiger partial charge in [-0.3, -0.25) is 38.1 Å². The van der Waals surface area contributed by atoms with Crippen molar-refractivity contribution < 1.29 is 52.5 Å². The fraction of sp³-hybridized carbons (Fsp3) is 0.500. The van der Waals surface area contributed by atoms with Crippen molar-refractivity contribution in [3.8, 4) is 45.5 Å². The number of hydrogen-bond donors (Lipinski definition) is 4. The van der Waals surface area contributed by atoms with Crippen molar-refractivity contribution in [2.24, 2.45) is 17.8 Å². The van der Waals surface area contributed by atoms with Gasteiger partial charge < -0.3 is 49.9 Å². The molecule has 2 aliphatic rings. The van der Waals surface area contributed by atoms with E-state index in [9.17, 15) is 28.8 Å². The van der Waals surface area contributed by atoms with Crippen molar-refractivity contribution in [3.05, 3.63) is 131 Å². The summed E-state index contributed by atoms with van der Waals surface area (Å²) in [6.45, 7) is 9.41. The van der Waals surface area contributed by atoms with Crippen LogP contribution in [-0.4, -0.2) is 120 Å². The zero-order valence-electron chi connectivity index (χ0n) is 55.1. The van der Waals surface area contributed by atoms with Crippen molar-refractivity contribution in [2.45, 2.75) is 168 Å². The molecule has 2 aliphatic carbocycles. The lowest BCUT2D eigenvalue weighted by Crippen LogP contribution is -2.42. The number of esters is 1. The van der Waals surface area contributed by atoms with Gasteiger partial charge >= 0.3 is 5.97 Å². The van der Waals surface area contributed by atoms with Gasteiger partial charge in [0.05, 0.1) is 62.3 Å². The zero-order chi connectivity index (χ0) is 65.5. The first kappa shape index (κ1) is 69.2. The second kappa shape index (κ2) is 34.7. The molecule has 5 amide bonds. The SMILES string of the molecule is COc1cccc(OCc2ccc(CCOC(=O)CCNC(=O)C[C@H](CC(C)C)NC(=O)c3cc(-c4c(OC)cccc4OCc4ccccc4)n(C4CCCCC4)n3)cc2)c1-c1cc(C(=O)NC(CC(=O)NCC(=O)N(C)C)CC(C)C)nn1CC1CCCCC1. The third kappa shape index (κ3) is 20.4. The quantitative estimate of drug-likeness (QED) is 0.0281. The average Bonchev–Trinajstić information content (AvgIpc) is 1.61. The summed E-state index contributed by atoms with van der Waals surface area (Å²) in [7, 11) is 6.48. The largest absolute Gasteiger partial charge is 0.496 e. The summed E-state index contributed by atoms with van der Waals surface area (Å²) in [4.78, 5) is 81.3. The molecule has 2 aromatic heterocycles. The highest BCUT2D eigenvalue weighted by Gasteiger charge is 2.30. The van der Waals surface area contributed by atoms with Gasteiger partial charge in [-0.25, -0.2) is 0 Å². The number of carbonyl (C=O) groups excluding carboxylic acids is 6. The van der Waals surface area contributed by atoms with Crippen LogP contribution in [0.4, 0.5) is 0 Å². The molecule has 8 rings (SSSR count). The van der Waals surface area contributed by atoms with E-state index in [-0.39, 0.29) is 98.5 Å². The van der Waals surface area contributed by atoms with Gasteiger partial charge in [0.25, 0.3) is 11.8 Å². The van der Waals surface area contributed by atoms with E-state index in [0.29, 0.717) is 72.6 Å². The molecular weight excluding hydrogens is 1170 g/mol. The summed E-state index contributed by atoms with van der Waals surface area (Å²) in [5.74, 6) is 0.958. The highest BCUT2D eigenvalue weighted by atomic mass is 16.5. The molecule has 92 heavy (non-hydrogen) atoms. The molecule has 0 bridgehead atoms. The van der Waals surface area contributed by atoms with E-state index in [1.54, 1.807) is 40.4 Å². The molecule has 1 unspecified atom stereocenters. The van der Waals surface area contributed by atoms with Crippen molar-refractivity contribution in [1.82, 2.24) is 45.7 Å². The number of nitrogens with zero attached hydrogens (tertiary/aromatic N) is 5. The molecule has 0 spiro atoms. The number of benzene rings is 4. The van der Waals surface area contributed by atoms with Gasteiger partial charge in [0, 0.05) is 58.5 Å². The van der Waals surface area contributed by atoms with Crippen LogP contribution in [0.3, 0.4) is 0 Å². The average molecular weight is 1260 g/mol. The van der Waals surface area contributed by atoms with E-state index in [4.69, 9.17) is 33.9 Å². The number of ether oxygens (including phenoxy) is 5. The number of amides is 5. The van der Waals surface area contributed by atoms with Crippen LogP contribution in [0.1, 0.15) is 168 Å². The molecule has 2 atom stereocenters. The standard InChI is InChI=1S/C72H95N9O11/c1-48(2)38-54(76-72(87)58-43-60(81(78-58)56-24-16-11-17-25-56)70-62(89-8)27-19-29-64(70)91-46-52-22-14-10-15-23-52)40-65(82)73-36-34-68(85)90-37-35-50-30-32-53(33-31-50)47-92-63-28-18-26-61(88-7)69(63)59-42-57(77-80(59)45-51-20-12-9-13-21-51)71(86)75-55(39-49(3)4)41-66(83)74-44-67(84)79(5)6/h10,14-15,18-19,22-23,26-33,42-43,48-49,51,54-56H,9,11-13,16-17,20-21,24-25,34-41,44-47H2,1-8H3,(H,73,82)(H,74,83)(H,75,86)(H,76,87)/t54-,55?/m0/s1. The minimum atomic E-state index is -0.495. The number of methoxy groups -OCH3 is 2. The molecule has 494 valence electrons. The van der Waals surface area contributed by atoms with E-state index in [1.165, 1.54) is 11.3 Å². The molecule has 2 fully saturated rings. The Bertz CT molecular complexity index is 3380. The summed E-state index contributed by atoms with van der Waals surface area (Å²) < 4.78 is 34.3. The Balaban J connectivity index is 0.838. The maximum Gasteiger partial charge on any atom is 0.307 e. The molecule has 0 aliphatic heterocycles. The lowest BCUT2D eigenvalue weighted by molar-refractivity contribution is -0.143. The summed E-state index contributed by atoms with van der Waals surface area (Å²) in [6.07, 6.45) is 12.3. The molecule has 4 aromatic carbocycles. The Hall–Kier alpha value is -8.68. The van der Waals surface area contributed by atoms with Gasteiger partial charge in [-0.2, -0.15) is 10.2 Å². The van der Waals surface area contributed by atoms with E-state index >= 15 is 0 Å². The zero-order valence-corrected chi connectivity index (χ0v) is 55.1. The van der Waals surface area contributed by atoms with E-state index in [0.717, 1.165) is 85.7 Å². The Morgan fingerprint density at radius 2 is 1.10 bits per heavy atom. The normalized spacial score (nSPS) is 14.2. The molecule has 2 heterocycles. The molecule has 20 heteroatoms. The van der Waals surface area contributed by atoms with Crippen LogP contribution in [0.5, 0.6) is 23.0 Å². The summed E-state index contributed by atoms with van der Waals surface area (Å²) in [5, 5.41) is 21.6. The van der Waals surface area contributed by atoms with Crippen LogP contribution in [0.15, 0.2) is 103 Å². The summed E-state index contributed by atoms with van der Waals surface area (Å²) >= 11 is 0. The monoisotopic (exact) mass is 1260 g/mol. The summed E-state index contributed by atoms with van der Waals surface area (Å²) in [5.41, 5.74) is 6.10. The van der Waals surface area contributed by atoms with Crippen LogP contribution < -0.4 is 40.2 Å². The first-order valence-electron chi connectivity index (χ1n) is 32.8. The van der Waals surface area contributed by atoms with Gasteiger partial charge in [0.1, 0.15) is 36.2 Å². The predicted octanol–water partition coefficient (Wildman–Crippen LogP) is 11.2. The molecule has 0 radical (unpaired) electrons. The second-order valence-corrected chi connectivity index (χ2v) is 25.4. The number of nitrogens with one attached hydrogen (secondary N) is 4. The van der Waals surface area contributed by atoms with Gasteiger partial charge in [0.15, 0.2) is 11.4 Å². The Kier molecular flexibility index (Phi) is 26.1.